The van der Waals surface area contributed by atoms with Gasteiger partial charge in [-0.1, -0.05) is 0 Å². The van der Waals surface area contributed by atoms with Crippen LogP contribution in [0.1, 0.15) is 6.92 Å². The van der Waals surface area contributed by atoms with E-state index in [1.165, 1.54) is 0 Å². The van der Waals surface area contributed by atoms with E-state index in [-0.39, 0.29) is 0 Å². The van der Waals surface area contributed by atoms with Gasteiger partial charge in [0.1, 0.15) is 61.0 Å². The molecular weight excluding hydrogens is 542 g/mol. The van der Waals surface area contributed by atoms with Gasteiger partial charge in [0.05, 0.1) is 6.61 Å². The smallest absolute Gasteiger partial charge is 0.335 e. The van der Waals surface area contributed by atoms with Crippen LogP contribution in [-0.4, -0.2) is 168 Å². The van der Waals surface area contributed by atoms with Gasteiger partial charge in [-0.2, -0.15) is 0 Å². The maximum Gasteiger partial charge on any atom is 0.335 e. The molecule has 0 saturated carbocycles. The van der Waals surface area contributed by atoms with Crippen LogP contribution in [0.25, 0.3) is 0 Å². The normalized spacial score (nSPS) is 46.8. The Bertz CT molecular complexity index is 891. The molecule has 15 atom stereocenters. The Morgan fingerprint density at radius 2 is 1.28 bits per heavy atom. The number of carbonyl (C=O) groups is 3. The monoisotopic (exact) mass is 573 g/mol. The number of carbonyl (C=O) groups excluding carboxylic acids is 1. The lowest BCUT2D eigenvalue weighted by atomic mass is 9.94. The number of carboxylic acids is 2. The topological polar surface area (TPSA) is 312 Å². The van der Waals surface area contributed by atoms with E-state index in [2.05, 4.69) is 5.32 Å². The van der Waals surface area contributed by atoms with E-state index in [0.29, 0.717) is 0 Å². The highest BCUT2D eigenvalue weighted by atomic mass is 16.7. The first kappa shape index (κ1) is 31.4. The van der Waals surface area contributed by atoms with Gasteiger partial charge in [-0.25, -0.2) is 9.59 Å². The molecule has 3 heterocycles. The van der Waals surface area contributed by atoms with Crippen molar-refractivity contribution in [2.24, 2.45) is 0 Å². The summed E-state index contributed by atoms with van der Waals surface area (Å²) in [4.78, 5) is 34.9. The Hall–Kier alpha value is -2.11. The standard InChI is InChI=1S/C20H31NO18/c1-3(23)21-5-6(24)12(37-20-11(29)7(25)8(26)14(39-20)16(30)31)4(2-22)35-19(5)38-13-9(27)10(28)18(34)36-15(13)17(32)33/h4-15,18-20,22,24-29,34H,2H2,1H3,(H,21,23)(H,30,31)(H,32,33)/t4?,5?,6-,7?,8+,9?,10+,11+,12-,13+,14?,15?,18-,19-,20-/m1/s1. The summed E-state index contributed by atoms with van der Waals surface area (Å²) in [5.41, 5.74) is 0. The highest BCUT2D eigenvalue weighted by molar-refractivity contribution is 5.74. The summed E-state index contributed by atoms with van der Waals surface area (Å²) in [6, 6.07) is -1.66. The van der Waals surface area contributed by atoms with Crippen molar-refractivity contribution in [3.63, 3.8) is 0 Å². The lowest BCUT2D eigenvalue weighted by Gasteiger charge is -2.48. The zero-order valence-corrected chi connectivity index (χ0v) is 20.1. The molecule has 3 rings (SSSR count). The van der Waals surface area contributed by atoms with Crippen LogP contribution in [0.2, 0.25) is 0 Å². The number of aliphatic carboxylic acids is 2. The molecular formula is C20H31NO18. The molecule has 0 aromatic carbocycles. The van der Waals surface area contributed by atoms with E-state index in [1.54, 1.807) is 0 Å². The zero-order valence-electron chi connectivity index (χ0n) is 20.1. The summed E-state index contributed by atoms with van der Waals surface area (Å²) in [7, 11) is 0. The molecule has 0 radical (unpaired) electrons. The molecule has 6 unspecified atom stereocenters. The quantitative estimate of drug-likeness (QED) is 0.128. The van der Waals surface area contributed by atoms with Gasteiger partial charge in [0.25, 0.3) is 0 Å². The summed E-state index contributed by atoms with van der Waals surface area (Å²) in [5, 5.41) is 102. The lowest BCUT2D eigenvalue weighted by Crippen LogP contribution is -2.69. The molecule has 0 aliphatic carbocycles. The molecule has 19 nitrogen and oxygen atoms in total. The van der Waals surface area contributed by atoms with Crippen molar-refractivity contribution < 1.29 is 89.1 Å². The van der Waals surface area contributed by atoms with Crippen molar-refractivity contribution in [3.05, 3.63) is 0 Å². The highest BCUT2D eigenvalue weighted by Crippen LogP contribution is 2.32. The molecule has 0 bridgehead atoms. The summed E-state index contributed by atoms with van der Waals surface area (Å²) in [6.07, 6.45) is -27.6. The number of hydrogen-bond donors (Lipinski definition) is 11. The average molecular weight is 573 g/mol. The van der Waals surface area contributed by atoms with Crippen LogP contribution < -0.4 is 5.32 Å². The van der Waals surface area contributed by atoms with Crippen molar-refractivity contribution >= 4 is 17.8 Å². The number of aliphatic hydroxyl groups is 8. The lowest BCUT2D eigenvalue weighted by molar-refractivity contribution is -0.360. The van der Waals surface area contributed by atoms with Crippen molar-refractivity contribution in [2.45, 2.75) is 99.0 Å². The molecule has 224 valence electrons. The first-order chi connectivity index (χ1) is 18.2. The first-order valence-electron chi connectivity index (χ1n) is 11.6. The zero-order chi connectivity index (χ0) is 29.3. The van der Waals surface area contributed by atoms with E-state index >= 15 is 0 Å². The van der Waals surface area contributed by atoms with Crippen LogP contribution >= 0.6 is 0 Å². The van der Waals surface area contributed by atoms with Crippen molar-refractivity contribution in [1.82, 2.24) is 5.32 Å². The number of hydrogen-bond acceptors (Lipinski definition) is 16. The average Bonchev–Trinajstić information content (AvgIpc) is 2.86. The second-order valence-electron chi connectivity index (χ2n) is 9.15. The van der Waals surface area contributed by atoms with E-state index in [9.17, 15) is 65.4 Å². The number of rotatable bonds is 8. The van der Waals surface area contributed by atoms with Gasteiger partial charge >= 0.3 is 11.9 Å². The number of aliphatic hydroxyl groups excluding tert-OH is 8. The summed E-state index contributed by atoms with van der Waals surface area (Å²) >= 11 is 0. The van der Waals surface area contributed by atoms with Crippen LogP contribution in [0.4, 0.5) is 0 Å². The fourth-order valence-electron chi connectivity index (χ4n) is 4.41. The summed E-state index contributed by atoms with van der Waals surface area (Å²) < 4.78 is 26.2. The van der Waals surface area contributed by atoms with Gasteiger partial charge in [0.2, 0.25) is 5.91 Å². The van der Waals surface area contributed by atoms with Crippen molar-refractivity contribution in [1.29, 1.82) is 0 Å². The maximum absolute atomic E-state index is 11.9. The van der Waals surface area contributed by atoms with Crippen LogP contribution in [-0.2, 0) is 38.1 Å². The Morgan fingerprint density at radius 3 is 1.82 bits per heavy atom. The van der Waals surface area contributed by atoms with Crippen LogP contribution in [0.15, 0.2) is 0 Å². The van der Waals surface area contributed by atoms with Crippen molar-refractivity contribution in [3.8, 4) is 0 Å². The Labute approximate surface area is 218 Å². The second kappa shape index (κ2) is 12.6. The van der Waals surface area contributed by atoms with Gasteiger partial charge in [-0.3, -0.25) is 4.79 Å². The number of nitrogens with one attached hydrogen (secondary N) is 1. The molecule has 0 aromatic rings. The fourth-order valence-corrected chi connectivity index (χ4v) is 4.41. The Kier molecular flexibility index (Phi) is 10.1. The van der Waals surface area contributed by atoms with E-state index < -0.39 is 117 Å². The van der Waals surface area contributed by atoms with Gasteiger partial charge < -0.3 is 80.1 Å². The summed E-state index contributed by atoms with van der Waals surface area (Å²) in [6.45, 7) is 0.0534. The molecule has 39 heavy (non-hydrogen) atoms. The predicted molar refractivity (Wildman–Crippen MR) is 114 cm³/mol. The number of ether oxygens (including phenoxy) is 5. The van der Waals surface area contributed by atoms with E-state index in [1.807, 2.05) is 0 Å². The largest absolute Gasteiger partial charge is 0.479 e. The number of amides is 1. The third kappa shape index (κ3) is 6.46. The molecule has 1 amide bonds. The van der Waals surface area contributed by atoms with Gasteiger partial charge in [-0.05, 0) is 0 Å². The summed E-state index contributed by atoms with van der Waals surface area (Å²) in [5.74, 6) is -4.24. The molecule has 3 aliphatic rings. The molecule has 3 fully saturated rings. The molecule has 0 spiro atoms. The molecule has 0 aromatic heterocycles. The third-order valence-electron chi connectivity index (χ3n) is 6.42. The Morgan fingerprint density at radius 1 is 0.692 bits per heavy atom. The first-order valence-corrected chi connectivity index (χ1v) is 11.6. The Balaban J connectivity index is 1.87. The molecule has 3 saturated heterocycles. The van der Waals surface area contributed by atoms with Crippen molar-refractivity contribution in [2.75, 3.05) is 6.61 Å². The molecule has 3 aliphatic heterocycles. The van der Waals surface area contributed by atoms with E-state index in [4.69, 9.17) is 23.7 Å². The number of carboxylic acid groups (broad SMARTS) is 2. The SMILES string of the molecule is CC(=O)NC1[C@@H](O[C@@H]2C(C(=O)O)O[C@@H](O)[C@@H](O)C2O)OC(CO)[C@@H](O[C@@H]2OC(C(=O)O)[C@@H](O)C(O)[C@@H]2O)[C@@H]1O. The minimum atomic E-state index is -2.10. The third-order valence-corrected chi connectivity index (χ3v) is 6.42. The van der Waals surface area contributed by atoms with E-state index in [0.717, 1.165) is 6.92 Å². The van der Waals surface area contributed by atoms with Gasteiger partial charge in [0.15, 0.2) is 31.1 Å². The minimum Gasteiger partial charge on any atom is -0.479 e. The van der Waals surface area contributed by atoms with Crippen LogP contribution in [0.3, 0.4) is 0 Å². The molecule has 19 heteroatoms. The maximum atomic E-state index is 11.9. The van der Waals surface area contributed by atoms with Crippen LogP contribution in [0.5, 0.6) is 0 Å². The van der Waals surface area contributed by atoms with Gasteiger partial charge in [-0.15, -0.1) is 0 Å². The highest BCUT2D eigenvalue weighted by Gasteiger charge is 2.55. The minimum absolute atomic E-state index is 0.790. The van der Waals surface area contributed by atoms with Crippen LogP contribution in [0, 0.1) is 0 Å². The molecule has 11 N–H and O–H groups in total. The second-order valence-corrected chi connectivity index (χ2v) is 9.15. The predicted octanol–water partition coefficient (Wildman–Crippen LogP) is -7.24. The van der Waals surface area contributed by atoms with Gasteiger partial charge in [0, 0.05) is 6.92 Å². The fraction of sp³-hybridized carbons (Fsp3) is 0.850.